The topological polar surface area (TPSA) is 111 Å². The van der Waals surface area contributed by atoms with Crippen molar-refractivity contribution in [2.45, 2.75) is 50.7 Å². The number of amides is 1. The maximum Gasteiger partial charge on any atom is 0.239 e. The molecule has 1 amide bonds. The summed E-state index contributed by atoms with van der Waals surface area (Å²) in [6, 6.07) is 3.21. The van der Waals surface area contributed by atoms with Gasteiger partial charge in [-0.25, -0.2) is 22.8 Å². The molecular weight excluding hydrogens is 463 g/mol. The molecule has 0 radical (unpaired) electrons. The largest absolute Gasteiger partial charge is 0.474 e. The van der Waals surface area contributed by atoms with Crippen molar-refractivity contribution in [1.29, 1.82) is 0 Å². The maximum absolute atomic E-state index is 14.4. The van der Waals surface area contributed by atoms with Crippen LogP contribution in [-0.2, 0) is 14.6 Å². The molecule has 34 heavy (non-hydrogen) atoms. The summed E-state index contributed by atoms with van der Waals surface area (Å²) in [5.74, 6) is -0.261. The van der Waals surface area contributed by atoms with Crippen LogP contribution in [0.25, 0.3) is 0 Å². The molecule has 0 aliphatic carbocycles. The Kier molecular flexibility index (Phi) is 8.09. The SMILES string of the molecule is CN[C@H](C(=O)N1CCC(Oc2ncnc(Oc3ccc(S(C)(=O)=O)cc3F)c2C)CC1)C(C)C. The first-order chi connectivity index (χ1) is 16.0. The predicted octanol–water partition coefficient (Wildman–Crippen LogP) is 2.73. The van der Waals surface area contributed by atoms with Gasteiger partial charge < -0.3 is 19.7 Å². The van der Waals surface area contributed by atoms with Crippen molar-refractivity contribution in [3.8, 4) is 17.5 Å². The summed E-state index contributed by atoms with van der Waals surface area (Å²) in [7, 11) is -1.74. The minimum atomic E-state index is -3.54. The lowest BCUT2D eigenvalue weighted by molar-refractivity contribution is -0.136. The first kappa shape index (κ1) is 25.8. The van der Waals surface area contributed by atoms with Crippen molar-refractivity contribution in [1.82, 2.24) is 20.2 Å². The maximum atomic E-state index is 14.4. The summed E-state index contributed by atoms with van der Waals surface area (Å²) in [5, 5.41) is 3.09. The second kappa shape index (κ2) is 10.6. The van der Waals surface area contributed by atoms with Gasteiger partial charge in [-0.2, -0.15) is 0 Å². The van der Waals surface area contributed by atoms with Crippen LogP contribution in [-0.4, -0.2) is 67.7 Å². The van der Waals surface area contributed by atoms with Gasteiger partial charge in [0.15, 0.2) is 21.4 Å². The van der Waals surface area contributed by atoms with Crippen LogP contribution in [0.5, 0.6) is 17.5 Å². The van der Waals surface area contributed by atoms with Crippen LogP contribution in [0, 0.1) is 18.7 Å². The molecule has 0 spiro atoms. The summed E-state index contributed by atoms with van der Waals surface area (Å²) in [6.07, 6.45) is 3.44. The molecule has 0 bridgehead atoms. The van der Waals surface area contributed by atoms with Crippen LogP contribution in [0.15, 0.2) is 29.4 Å². The molecule has 1 aromatic carbocycles. The number of nitrogens with zero attached hydrogens (tertiary/aromatic N) is 3. The summed E-state index contributed by atoms with van der Waals surface area (Å²) >= 11 is 0. The van der Waals surface area contributed by atoms with Crippen LogP contribution < -0.4 is 14.8 Å². The Morgan fingerprint density at radius 3 is 2.41 bits per heavy atom. The zero-order valence-electron chi connectivity index (χ0n) is 20.0. The first-order valence-electron chi connectivity index (χ1n) is 11.1. The number of nitrogens with one attached hydrogen (secondary N) is 1. The summed E-state index contributed by atoms with van der Waals surface area (Å²) in [4.78, 5) is 22.7. The third kappa shape index (κ3) is 6.01. The lowest BCUT2D eigenvalue weighted by atomic mass is 10.0. The fourth-order valence-corrected chi connectivity index (χ4v) is 4.46. The van der Waals surface area contributed by atoms with E-state index in [0.717, 1.165) is 12.3 Å². The van der Waals surface area contributed by atoms with Crippen molar-refractivity contribution >= 4 is 15.7 Å². The highest BCUT2D eigenvalue weighted by Crippen LogP contribution is 2.31. The number of sulfone groups is 1. The Bertz CT molecular complexity index is 1130. The fourth-order valence-electron chi connectivity index (χ4n) is 3.83. The van der Waals surface area contributed by atoms with Crippen molar-refractivity contribution in [2.24, 2.45) is 5.92 Å². The molecule has 1 N–H and O–H groups in total. The van der Waals surface area contributed by atoms with Gasteiger partial charge >= 0.3 is 0 Å². The molecule has 2 aromatic rings. The highest BCUT2D eigenvalue weighted by molar-refractivity contribution is 7.90. The number of hydrogen-bond acceptors (Lipinski definition) is 8. The lowest BCUT2D eigenvalue weighted by Gasteiger charge is -2.35. The number of rotatable bonds is 8. The quantitative estimate of drug-likeness (QED) is 0.597. The summed E-state index contributed by atoms with van der Waals surface area (Å²) < 4.78 is 49.3. The van der Waals surface area contributed by atoms with E-state index in [9.17, 15) is 17.6 Å². The van der Waals surface area contributed by atoms with Crippen LogP contribution in [0.1, 0.15) is 32.3 Å². The molecule has 11 heteroatoms. The Morgan fingerprint density at radius 1 is 1.21 bits per heavy atom. The molecule has 1 atom stereocenters. The molecule has 1 saturated heterocycles. The van der Waals surface area contributed by atoms with Gasteiger partial charge in [-0.15, -0.1) is 0 Å². The molecular formula is C23H31FN4O5S. The highest BCUT2D eigenvalue weighted by Gasteiger charge is 2.30. The zero-order valence-corrected chi connectivity index (χ0v) is 20.9. The Hall–Kier alpha value is -2.79. The number of piperidine rings is 1. The van der Waals surface area contributed by atoms with E-state index in [1.165, 1.54) is 18.5 Å². The minimum absolute atomic E-state index is 0.0915. The number of halogens is 1. The van der Waals surface area contributed by atoms with E-state index in [2.05, 4.69) is 15.3 Å². The van der Waals surface area contributed by atoms with Gasteiger partial charge in [0.1, 0.15) is 12.4 Å². The van der Waals surface area contributed by atoms with Gasteiger partial charge in [-0.3, -0.25) is 4.79 Å². The third-order valence-electron chi connectivity index (χ3n) is 5.81. The van der Waals surface area contributed by atoms with Crippen LogP contribution >= 0.6 is 0 Å². The standard InChI is InChI=1S/C23H31FN4O5S/c1-14(2)20(25-4)23(29)28-10-8-16(9-11-28)32-21-15(3)22(27-13-26-21)33-19-7-6-17(12-18(19)24)34(5,30)31/h6-7,12-14,16,20,25H,8-11H2,1-5H3/t20-/m0/s1. The molecule has 0 unspecified atom stereocenters. The van der Waals surface area contributed by atoms with Gasteiger partial charge in [-0.05, 0) is 38.1 Å². The van der Waals surface area contributed by atoms with E-state index >= 15 is 0 Å². The van der Waals surface area contributed by atoms with Gasteiger partial charge in [0.2, 0.25) is 17.7 Å². The van der Waals surface area contributed by atoms with E-state index < -0.39 is 15.7 Å². The Labute approximate surface area is 199 Å². The van der Waals surface area contributed by atoms with Crippen molar-refractivity contribution in [3.05, 3.63) is 35.9 Å². The number of ether oxygens (including phenoxy) is 2. The van der Waals surface area contributed by atoms with Gasteiger partial charge in [0.05, 0.1) is 16.5 Å². The van der Waals surface area contributed by atoms with E-state index in [4.69, 9.17) is 9.47 Å². The fraction of sp³-hybridized carbons (Fsp3) is 0.522. The average Bonchev–Trinajstić information content (AvgIpc) is 2.77. The first-order valence-corrected chi connectivity index (χ1v) is 13.0. The van der Waals surface area contributed by atoms with Gasteiger partial charge in [0.25, 0.3) is 0 Å². The number of carbonyl (C=O) groups is 1. The van der Waals surface area contributed by atoms with Crippen LogP contribution in [0.4, 0.5) is 4.39 Å². The average molecular weight is 495 g/mol. The van der Waals surface area contributed by atoms with Crippen molar-refractivity contribution < 1.29 is 27.1 Å². The summed E-state index contributed by atoms with van der Waals surface area (Å²) in [6.45, 7) is 6.89. The lowest BCUT2D eigenvalue weighted by Crippen LogP contribution is -2.51. The minimum Gasteiger partial charge on any atom is -0.474 e. The van der Waals surface area contributed by atoms with Crippen molar-refractivity contribution in [2.75, 3.05) is 26.4 Å². The molecule has 3 rings (SSSR count). The molecule has 1 aliphatic rings. The van der Waals surface area contributed by atoms with E-state index in [1.807, 2.05) is 18.7 Å². The molecule has 2 heterocycles. The Morgan fingerprint density at radius 2 is 1.85 bits per heavy atom. The van der Waals surface area contributed by atoms with E-state index in [-0.39, 0.29) is 40.5 Å². The monoisotopic (exact) mass is 494 g/mol. The normalized spacial score (nSPS) is 15.9. The summed E-state index contributed by atoms with van der Waals surface area (Å²) in [5.41, 5.74) is 0.489. The second-order valence-corrected chi connectivity index (χ2v) is 10.7. The number of likely N-dealkylation sites (N-methyl/N-ethyl adjacent to an activating group) is 1. The Balaban J connectivity index is 1.66. The van der Waals surface area contributed by atoms with Crippen LogP contribution in [0.3, 0.4) is 0 Å². The number of aromatic nitrogens is 2. The smallest absolute Gasteiger partial charge is 0.239 e. The highest BCUT2D eigenvalue weighted by atomic mass is 32.2. The zero-order chi connectivity index (χ0) is 25.0. The second-order valence-electron chi connectivity index (χ2n) is 8.73. The molecule has 9 nitrogen and oxygen atoms in total. The third-order valence-corrected chi connectivity index (χ3v) is 6.92. The van der Waals surface area contributed by atoms with Crippen LogP contribution in [0.2, 0.25) is 0 Å². The molecule has 1 fully saturated rings. The molecule has 186 valence electrons. The molecule has 1 aromatic heterocycles. The van der Waals surface area contributed by atoms with E-state index in [1.54, 1.807) is 14.0 Å². The van der Waals surface area contributed by atoms with Gasteiger partial charge in [0, 0.05) is 32.2 Å². The number of likely N-dealkylation sites (tertiary alicyclic amines) is 1. The molecule has 0 saturated carbocycles. The van der Waals surface area contributed by atoms with E-state index in [0.29, 0.717) is 37.4 Å². The number of benzene rings is 1. The number of carbonyl (C=O) groups excluding carboxylic acids is 1. The molecule has 1 aliphatic heterocycles. The van der Waals surface area contributed by atoms with Gasteiger partial charge in [-0.1, -0.05) is 13.8 Å². The van der Waals surface area contributed by atoms with Crippen molar-refractivity contribution in [3.63, 3.8) is 0 Å². The number of hydrogen-bond donors (Lipinski definition) is 1. The predicted molar refractivity (Wildman–Crippen MR) is 124 cm³/mol.